The Kier molecular flexibility index (Phi) is 7.85. The van der Waals surface area contributed by atoms with Crippen LogP contribution in [0.4, 0.5) is 11.4 Å². The third-order valence-electron chi connectivity index (χ3n) is 5.47. The summed E-state index contributed by atoms with van der Waals surface area (Å²) >= 11 is 0. The molecule has 0 fully saturated rings. The van der Waals surface area contributed by atoms with Crippen LogP contribution in [0.2, 0.25) is 0 Å². The Morgan fingerprint density at radius 2 is 1.74 bits per heavy atom. The second kappa shape index (κ2) is 10.6. The van der Waals surface area contributed by atoms with Crippen molar-refractivity contribution in [2.45, 2.75) is 38.5 Å². The van der Waals surface area contributed by atoms with Gasteiger partial charge in [0.25, 0.3) is 5.91 Å². The number of rotatable bonds is 10. The first-order chi connectivity index (χ1) is 16.2. The highest BCUT2D eigenvalue weighted by atomic mass is 32.2. The van der Waals surface area contributed by atoms with Gasteiger partial charge in [-0.3, -0.25) is 9.59 Å². The molecule has 180 valence electrons. The van der Waals surface area contributed by atoms with E-state index in [4.69, 9.17) is 0 Å². The lowest BCUT2D eigenvalue weighted by Gasteiger charge is -2.19. The number of aryl methyl sites for hydroxylation is 1. The average Bonchev–Trinajstić information content (AvgIpc) is 3.12. The summed E-state index contributed by atoms with van der Waals surface area (Å²) < 4.78 is 26.8. The van der Waals surface area contributed by atoms with E-state index in [0.717, 1.165) is 22.7 Å². The van der Waals surface area contributed by atoms with E-state index < -0.39 is 28.3 Å². The number of nitrogens with one attached hydrogen (secondary N) is 1. The molecule has 0 radical (unpaired) electrons. The van der Waals surface area contributed by atoms with E-state index in [1.165, 1.54) is 34.8 Å². The average molecular weight is 485 g/mol. The molecule has 0 aliphatic carbocycles. The van der Waals surface area contributed by atoms with Gasteiger partial charge in [0.2, 0.25) is 10.0 Å². The minimum absolute atomic E-state index is 0.106. The Morgan fingerprint density at radius 1 is 1.09 bits per heavy atom. The number of nitrogens with zero attached hydrogens (tertiary/aromatic N) is 3. The van der Waals surface area contributed by atoms with Crippen LogP contribution in [0.25, 0.3) is 0 Å². The molecule has 0 aromatic heterocycles. The Hall–Kier alpha value is -3.50. The third kappa shape index (κ3) is 5.18. The maximum absolute atomic E-state index is 13.1. The number of aliphatic carboxylic acids is 1. The van der Waals surface area contributed by atoms with Crippen LogP contribution in [0, 0.1) is 0 Å². The van der Waals surface area contributed by atoms with E-state index in [0.29, 0.717) is 18.8 Å². The molecule has 0 atom stereocenters. The molecule has 0 saturated carbocycles. The summed E-state index contributed by atoms with van der Waals surface area (Å²) in [5, 5.41) is 17.7. The van der Waals surface area contributed by atoms with Crippen LogP contribution in [-0.4, -0.2) is 48.5 Å². The van der Waals surface area contributed by atoms with Crippen LogP contribution in [0.5, 0.6) is 0 Å². The number of carboxylic acid groups (broad SMARTS) is 1. The lowest BCUT2D eigenvalue weighted by atomic mass is 10.1. The van der Waals surface area contributed by atoms with Gasteiger partial charge in [-0.2, -0.15) is 14.4 Å². The predicted octanol–water partition coefficient (Wildman–Crippen LogP) is 3.45. The van der Waals surface area contributed by atoms with Crippen molar-refractivity contribution in [1.82, 2.24) is 4.31 Å². The van der Waals surface area contributed by atoms with Crippen molar-refractivity contribution in [1.29, 1.82) is 0 Å². The summed E-state index contributed by atoms with van der Waals surface area (Å²) in [5.41, 5.74) is 2.43. The molecule has 3 rings (SSSR count). The highest BCUT2D eigenvalue weighted by Gasteiger charge is 2.33. The van der Waals surface area contributed by atoms with Crippen molar-refractivity contribution in [3.8, 4) is 0 Å². The van der Waals surface area contributed by atoms with Gasteiger partial charge in [0, 0.05) is 25.0 Å². The third-order valence-corrected chi connectivity index (χ3v) is 7.53. The summed E-state index contributed by atoms with van der Waals surface area (Å²) in [6.07, 6.45) is 1.82. The highest BCUT2D eigenvalue weighted by Crippen LogP contribution is 2.27. The number of amides is 1. The number of benzene rings is 2. The SMILES string of the molecule is CCc1ccccc1N/C=C1/C(=O)N(c2ccc(S(=O)(=O)N(CC)CC)cc2)N=C1CC(=O)O. The van der Waals surface area contributed by atoms with Gasteiger partial charge in [0.15, 0.2) is 0 Å². The van der Waals surface area contributed by atoms with E-state index in [9.17, 15) is 23.1 Å². The number of carbonyl (C=O) groups is 2. The van der Waals surface area contributed by atoms with Gasteiger partial charge in [-0.15, -0.1) is 0 Å². The zero-order valence-corrected chi connectivity index (χ0v) is 20.2. The Labute approximate surface area is 199 Å². The maximum Gasteiger partial charge on any atom is 0.309 e. The second-order valence-electron chi connectivity index (χ2n) is 7.53. The molecule has 2 aromatic carbocycles. The molecule has 0 bridgehead atoms. The molecule has 1 aliphatic heterocycles. The minimum atomic E-state index is -3.64. The van der Waals surface area contributed by atoms with Crippen LogP contribution < -0.4 is 10.3 Å². The molecule has 0 spiro atoms. The van der Waals surface area contributed by atoms with Crippen LogP contribution >= 0.6 is 0 Å². The van der Waals surface area contributed by atoms with Gasteiger partial charge in [0.05, 0.1) is 28.3 Å². The van der Waals surface area contributed by atoms with Gasteiger partial charge in [-0.1, -0.05) is 39.0 Å². The van der Waals surface area contributed by atoms with Crippen LogP contribution in [0.3, 0.4) is 0 Å². The van der Waals surface area contributed by atoms with Crippen molar-refractivity contribution >= 4 is 39.0 Å². The van der Waals surface area contributed by atoms with Crippen LogP contribution in [-0.2, 0) is 26.0 Å². The van der Waals surface area contributed by atoms with E-state index >= 15 is 0 Å². The monoisotopic (exact) mass is 484 g/mol. The lowest BCUT2D eigenvalue weighted by molar-refractivity contribution is -0.135. The van der Waals surface area contributed by atoms with Crippen molar-refractivity contribution in [2.24, 2.45) is 5.10 Å². The Bertz CT molecular complexity index is 1230. The molecular formula is C24H28N4O5S. The topological polar surface area (TPSA) is 119 Å². The van der Waals surface area contributed by atoms with Crippen molar-refractivity contribution in [3.05, 3.63) is 65.9 Å². The molecule has 1 aliphatic rings. The maximum atomic E-state index is 13.1. The zero-order valence-electron chi connectivity index (χ0n) is 19.4. The van der Waals surface area contributed by atoms with Gasteiger partial charge < -0.3 is 10.4 Å². The van der Waals surface area contributed by atoms with Gasteiger partial charge in [-0.25, -0.2) is 8.42 Å². The number of sulfonamides is 1. The number of hydrazone groups is 1. The second-order valence-corrected chi connectivity index (χ2v) is 9.47. The van der Waals surface area contributed by atoms with E-state index in [-0.39, 0.29) is 16.2 Å². The highest BCUT2D eigenvalue weighted by molar-refractivity contribution is 7.89. The summed E-state index contributed by atoms with van der Waals surface area (Å²) in [4.78, 5) is 24.6. The number of anilines is 2. The molecule has 1 heterocycles. The molecule has 10 heteroatoms. The lowest BCUT2D eigenvalue weighted by Crippen LogP contribution is -2.30. The first kappa shape index (κ1) is 25.1. The normalized spacial score (nSPS) is 15.2. The largest absolute Gasteiger partial charge is 0.481 e. The van der Waals surface area contributed by atoms with E-state index in [1.807, 2.05) is 31.2 Å². The van der Waals surface area contributed by atoms with Crippen molar-refractivity contribution in [3.63, 3.8) is 0 Å². The fourth-order valence-corrected chi connectivity index (χ4v) is 5.10. The standard InChI is InChI=1S/C24H28N4O5S/c1-4-17-9-7-8-10-21(17)25-16-20-22(15-23(29)30)26-28(24(20)31)18-11-13-19(14-12-18)34(32,33)27(5-2)6-3/h7-14,16,25H,4-6,15H2,1-3H3,(H,29,30)/b20-16+. The summed E-state index contributed by atoms with van der Waals surface area (Å²) in [5.74, 6) is -1.62. The van der Waals surface area contributed by atoms with Gasteiger partial charge in [-0.05, 0) is 42.3 Å². The number of para-hydroxylation sites is 1. The van der Waals surface area contributed by atoms with Gasteiger partial charge >= 0.3 is 5.97 Å². The van der Waals surface area contributed by atoms with E-state index in [2.05, 4.69) is 10.4 Å². The summed E-state index contributed by atoms with van der Waals surface area (Å²) in [6, 6.07) is 13.4. The fraction of sp³-hybridized carbons (Fsp3) is 0.292. The number of carbonyl (C=O) groups excluding carboxylic acids is 1. The number of hydrogen-bond acceptors (Lipinski definition) is 6. The fourth-order valence-electron chi connectivity index (χ4n) is 3.64. The van der Waals surface area contributed by atoms with Gasteiger partial charge in [0.1, 0.15) is 0 Å². The minimum Gasteiger partial charge on any atom is -0.481 e. The number of hydrogen-bond donors (Lipinski definition) is 2. The molecule has 2 aromatic rings. The van der Waals surface area contributed by atoms with Crippen molar-refractivity contribution in [2.75, 3.05) is 23.4 Å². The number of carboxylic acids is 1. The quantitative estimate of drug-likeness (QED) is 0.499. The Balaban J connectivity index is 1.91. The first-order valence-corrected chi connectivity index (χ1v) is 12.5. The molecule has 0 unspecified atom stereocenters. The first-order valence-electron chi connectivity index (χ1n) is 11.0. The van der Waals surface area contributed by atoms with Crippen molar-refractivity contribution < 1.29 is 23.1 Å². The molecule has 0 saturated heterocycles. The van der Waals surface area contributed by atoms with Crippen LogP contribution in [0.1, 0.15) is 32.8 Å². The molecule has 1 amide bonds. The summed E-state index contributed by atoms with van der Waals surface area (Å²) in [7, 11) is -3.64. The zero-order chi connectivity index (χ0) is 24.9. The molecule has 34 heavy (non-hydrogen) atoms. The van der Waals surface area contributed by atoms with E-state index in [1.54, 1.807) is 13.8 Å². The van der Waals surface area contributed by atoms with Crippen LogP contribution in [0.15, 0.2) is 70.3 Å². The molecular weight excluding hydrogens is 456 g/mol. The molecule has 9 nitrogen and oxygen atoms in total. The summed E-state index contributed by atoms with van der Waals surface area (Å²) in [6.45, 7) is 6.22. The molecule has 2 N–H and O–H groups in total. The smallest absolute Gasteiger partial charge is 0.309 e. The Morgan fingerprint density at radius 3 is 2.32 bits per heavy atom. The predicted molar refractivity (Wildman–Crippen MR) is 131 cm³/mol.